The van der Waals surface area contributed by atoms with Gasteiger partial charge in [0.15, 0.2) is 5.25 Å². The van der Waals surface area contributed by atoms with E-state index in [0.717, 1.165) is 12.8 Å². The minimum atomic E-state index is -3.64. The molecule has 1 saturated heterocycles. The number of hydrogen-bond acceptors (Lipinski definition) is 4. The Morgan fingerprint density at radius 2 is 2.05 bits per heavy atom. The zero-order valence-electron chi connectivity index (χ0n) is 12.2. The SMILES string of the molecule is CC1CCCN(S(=O)(=O)C(C)C(=O)N(C)C)C1CN. The van der Waals surface area contributed by atoms with E-state index in [1.807, 2.05) is 6.92 Å². The Kier molecular flexibility index (Phi) is 5.34. The highest BCUT2D eigenvalue weighted by Crippen LogP contribution is 2.27. The highest BCUT2D eigenvalue weighted by molar-refractivity contribution is 7.90. The quantitative estimate of drug-likeness (QED) is 0.781. The van der Waals surface area contributed by atoms with Crippen LogP contribution >= 0.6 is 0 Å². The van der Waals surface area contributed by atoms with Gasteiger partial charge in [-0.3, -0.25) is 4.79 Å². The lowest BCUT2D eigenvalue weighted by Gasteiger charge is -2.39. The molecule has 1 amide bonds. The van der Waals surface area contributed by atoms with Gasteiger partial charge in [-0.2, -0.15) is 4.31 Å². The molecule has 1 aliphatic rings. The summed E-state index contributed by atoms with van der Waals surface area (Å²) in [5, 5.41) is -1.05. The Morgan fingerprint density at radius 1 is 1.47 bits per heavy atom. The predicted molar refractivity (Wildman–Crippen MR) is 75.0 cm³/mol. The number of rotatable bonds is 4. The largest absolute Gasteiger partial charge is 0.348 e. The first-order chi connectivity index (χ1) is 8.73. The summed E-state index contributed by atoms with van der Waals surface area (Å²) in [6.45, 7) is 4.21. The molecule has 0 aliphatic carbocycles. The van der Waals surface area contributed by atoms with Crippen LogP contribution in [0.25, 0.3) is 0 Å². The van der Waals surface area contributed by atoms with Crippen LogP contribution in [0.3, 0.4) is 0 Å². The van der Waals surface area contributed by atoms with Crippen LogP contribution in [0.4, 0.5) is 0 Å². The normalized spacial score (nSPS) is 27.0. The number of hydrogen-bond donors (Lipinski definition) is 1. The van der Waals surface area contributed by atoms with Gasteiger partial charge in [-0.25, -0.2) is 8.42 Å². The van der Waals surface area contributed by atoms with E-state index >= 15 is 0 Å². The first-order valence-electron chi connectivity index (χ1n) is 6.65. The molecule has 3 atom stereocenters. The fourth-order valence-electron chi connectivity index (χ4n) is 2.57. The average molecular weight is 291 g/mol. The molecule has 6 nitrogen and oxygen atoms in total. The molecule has 19 heavy (non-hydrogen) atoms. The Labute approximate surface area is 116 Å². The summed E-state index contributed by atoms with van der Waals surface area (Å²) in [5.74, 6) is -0.163. The Bertz CT molecular complexity index is 422. The molecule has 0 aromatic carbocycles. The molecule has 0 spiro atoms. The van der Waals surface area contributed by atoms with Crippen molar-refractivity contribution < 1.29 is 13.2 Å². The molecule has 0 saturated carbocycles. The third-order valence-electron chi connectivity index (χ3n) is 3.87. The van der Waals surface area contributed by atoms with Crippen LogP contribution in [-0.4, -0.2) is 62.0 Å². The molecule has 1 aliphatic heterocycles. The summed E-state index contributed by atoms with van der Waals surface area (Å²) < 4.78 is 26.6. The Morgan fingerprint density at radius 3 is 2.53 bits per heavy atom. The number of piperidine rings is 1. The number of sulfonamides is 1. The van der Waals surface area contributed by atoms with Crippen molar-refractivity contribution in [3.8, 4) is 0 Å². The van der Waals surface area contributed by atoms with Crippen molar-refractivity contribution in [2.75, 3.05) is 27.2 Å². The first kappa shape index (κ1) is 16.4. The monoisotopic (exact) mass is 291 g/mol. The van der Waals surface area contributed by atoms with Crippen molar-refractivity contribution in [3.63, 3.8) is 0 Å². The number of carbonyl (C=O) groups is 1. The zero-order valence-corrected chi connectivity index (χ0v) is 13.0. The van der Waals surface area contributed by atoms with Crippen molar-refractivity contribution >= 4 is 15.9 Å². The van der Waals surface area contributed by atoms with Gasteiger partial charge in [-0.05, 0) is 25.7 Å². The number of nitrogens with zero attached hydrogens (tertiary/aromatic N) is 2. The minimum Gasteiger partial charge on any atom is -0.348 e. The molecular weight excluding hydrogens is 266 g/mol. The summed E-state index contributed by atoms with van der Waals surface area (Å²) in [6, 6.07) is -0.198. The molecule has 3 unspecified atom stereocenters. The molecule has 0 bridgehead atoms. The van der Waals surface area contributed by atoms with Gasteiger partial charge in [-0.1, -0.05) is 6.92 Å². The van der Waals surface area contributed by atoms with Gasteiger partial charge in [-0.15, -0.1) is 0 Å². The van der Waals surface area contributed by atoms with E-state index in [9.17, 15) is 13.2 Å². The standard InChI is InChI=1S/C12H25N3O3S/c1-9-6-5-7-15(11(9)8-13)19(17,18)10(2)12(16)14(3)4/h9-11H,5-8,13H2,1-4H3. The highest BCUT2D eigenvalue weighted by atomic mass is 32.2. The first-order valence-corrected chi connectivity index (χ1v) is 8.15. The molecule has 1 rings (SSSR count). The second-order valence-electron chi connectivity index (χ2n) is 5.45. The van der Waals surface area contributed by atoms with Crippen LogP contribution in [-0.2, 0) is 14.8 Å². The summed E-state index contributed by atoms with van der Waals surface area (Å²) in [6.07, 6.45) is 1.80. The lowest BCUT2D eigenvalue weighted by atomic mass is 9.93. The number of carbonyl (C=O) groups excluding carboxylic acids is 1. The maximum Gasteiger partial charge on any atom is 0.241 e. The maximum atomic E-state index is 12.6. The topological polar surface area (TPSA) is 83.7 Å². The van der Waals surface area contributed by atoms with Gasteiger partial charge in [0.25, 0.3) is 0 Å². The summed E-state index contributed by atoms with van der Waals surface area (Å²) >= 11 is 0. The van der Waals surface area contributed by atoms with Crippen LogP contribution < -0.4 is 5.73 Å². The van der Waals surface area contributed by atoms with Crippen molar-refractivity contribution in [3.05, 3.63) is 0 Å². The van der Waals surface area contributed by atoms with E-state index in [1.54, 1.807) is 14.1 Å². The van der Waals surface area contributed by atoms with E-state index < -0.39 is 21.2 Å². The summed E-state index contributed by atoms with van der Waals surface area (Å²) in [7, 11) is -0.512. The van der Waals surface area contributed by atoms with Gasteiger partial charge >= 0.3 is 0 Å². The van der Waals surface area contributed by atoms with Crippen LogP contribution in [0.1, 0.15) is 26.7 Å². The van der Waals surface area contributed by atoms with Gasteiger partial charge in [0, 0.05) is 33.2 Å². The van der Waals surface area contributed by atoms with E-state index in [0.29, 0.717) is 13.1 Å². The van der Waals surface area contributed by atoms with Crippen LogP contribution in [0.2, 0.25) is 0 Å². The second kappa shape index (κ2) is 6.19. The molecule has 2 N–H and O–H groups in total. The Hall–Kier alpha value is -0.660. The van der Waals surface area contributed by atoms with Crippen molar-refractivity contribution in [2.45, 2.75) is 38.0 Å². The molecule has 1 fully saturated rings. The smallest absolute Gasteiger partial charge is 0.241 e. The van der Waals surface area contributed by atoms with Gasteiger partial charge in [0.1, 0.15) is 0 Å². The van der Waals surface area contributed by atoms with Crippen molar-refractivity contribution in [1.82, 2.24) is 9.21 Å². The second-order valence-corrected chi connectivity index (χ2v) is 7.66. The molecule has 7 heteroatoms. The lowest BCUT2D eigenvalue weighted by molar-refractivity contribution is -0.128. The average Bonchev–Trinajstić information content (AvgIpc) is 2.36. The third kappa shape index (κ3) is 3.27. The fraction of sp³-hybridized carbons (Fsp3) is 0.917. The molecule has 0 aromatic rings. The Balaban J connectivity index is 3.01. The summed E-state index contributed by atoms with van der Waals surface area (Å²) in [5.41, 5.74) is 5.72. The van der Waals surface area contributed by atoms with E-state index in [2.05, 4.69) is 0 Å². The van der Waals surface area contributed by atoms with Crippen molar-refractivity contribution in [2.24, 2.45) is 11.7 Å². The zero-order chi connectivity index (χ0) is 14.8. The minimum absolute atomic E-state index is 0.198. The molecule has 112 valence electrons. The van der Waals surface area contributed by atoms with Crippen LogP contribution in [0.5, 0.6) is 0 Å². The van der Waals surface area contributed by atoms with E-state index in [-0.39, 0.29) is 12.0 Å². The highest BCUT2D eigenvalue weighted by Gasteiger charge is 2.41. The van der Waals surface area contributed by atoms with Crippen LogP contribution in [0.15, 0.2) is 0 Å². The van der Waals surface area contributed by atoms with E-state index in [1.165, 1.54) is 16.1 Å². The number of nitrogens with two attached hydrogens (primary N) is 1. The van der Waals surface area contributed by atoms with Crippen LogP contribution in [0, 0.1) is 5.92 Å². The lowest BCUT2D eigenvalue weighted by Crippen LogP contribution is -2.55. The molecule has 0 radical (unpaired) electrons. The third-order valence-corrected chi connectivity index (χ3v) is 6.07. The van der Waals surface area contributed by atoms with E-state index in [4.69, 9.17) is 5.73 Å². The number of amides is 1. The molecule has 0 aromatic heterocycles. The van der Waals surface area contributed by atoms with Gasteiger partial charge in [0.2, 0.25) is 15.9 Å². The van der Waals surface area contributed by atoms with Crippen molar-refractivity contribution in [1.29, 1.82) is 0 Å². The summed E-state index contributed by atoms with van der Waals surface area (Å²) in [4.78, 5) is 13.2. The fourth-order valence-corrected chi connectivity index (χ4v) is 4.50. The molecular formula is C12H25N3O3S. The maximum absolute atomic E-state index is 12.6. The van der Waals surface area contributed by atoms with Gasteiger partial charge < -0.3 is 10.6 Å². The predicted octanol–water partition coefficient (Wildman–Crippen LogP) is -0.148. The van der Waals surface area contributed by atoms with Gasteiger partial charge in [0.05, 0.1) is 0 Å². The molecule has 1 heterocycles.